The maximum atomic E-state index is 11.4. The van der Waals surface area contributed by atoms with Crippen molar-refractivity contribution in [2.45, 2.75) is 0 Å². The minimum atomic E-state index is -3.49. The third-order valence-corrected chi connectivity index (χ3v) is 3.13. The Morgan fingerprint density at radius 1 is 1.64 bits per heavy atom. The lowest BCUT2D eigenvalue weighted by Crippen LogP contribution is -2.35. The summed E-state index contributed by atoms with van der Waals surface area (Å²) in [6, 6.07) is 1.62. The largest absolute Gasteiger partial charge is 0.383 e. The fraction of sp³-hybridized carbons (Fsp3) is 0.625. The molecule has 0 aliphatic heterocycles. The molecule has 0 aromatic heterocycles. The van der Waals surface area contributed by atoms with Crippen molar-refractivity contribution in [2.24, 2.45) is 0 Å². The lowest BCUT2D eigenvalue weighted by atomic mass is 10.6. The van der Waals surface area contributed by atoms with Crippen molar-refractivity contribution >= 4 is 10.0 Å². The molecule has 0 atom stereocenters. The Morgan fingerprint density at radius 3 is 2.71 bits per heavy atom. The van der Waals surface area contributed by atoms with Gasteiger partial charge in [-0.3, -0.25) is 0 Å². The molecule has 80 valence electrons. The van der Waals surface area contributed by atoms with Crippen LogP contribution in [0.1, 0.15) is 0 Å². The molecule has 0 saturated heterocycles. The van der Waals surface area contributed by atoms with Crippen LogP contribution in [0, 0.1) is 11.3 Å². The zero-order valence-electron chi connectivity index (χ0n) is 8.14. The Bertz CT molecular complexity index is 305. The van der Waals surface area contributed by atoms with Gasteiger partial charge in [-0.2, -0.15) is 9.57 Å². The number of rotatable bonds is 7. The smallest absolute Gasteiger partial charge is 0.227 e. The Balaban J connectivity index is 4.47. The lowest BCUT2D eigenvalue weighted by molar-refractivity contribution is 0.182. The van der Waals surface area contributed by atoms with E-state index in [4.69, 9.17) is 10.00 Å². The van der Waals surface area contributed by atoms with Gasteiger partial charge in [-0.25, -0.2) is 8.42 Å². The summed E-state index contributed by atoms with van der Waals surface area (Å²) in [4.78, 5) is 0. The minimum Gasteiger partial charge on any atom is -0.383 e. The molecule has 0 spiro atoms. The average Bonchev–Trinajstić information content (AvgIpc) is 2.11. The highest BCUT2D eigenvalue weighted by molar-refractivity contribution is 7.89. The maximum absolute atomic E-state index is 11.4. The predicted octanol–water partition coefficient (Wildman–Crippen LogP) is -0.0258. The van der Waals surface area contributed by atoms with Crippen molar-refractivity contribution in [1.82, 2.24) is 4.31 Å². The van der Waals surface area contributed by atoms with Gasteiger partial charge < -0.3 is 4.74 Å². The molecule has 0 amide bonds. The van der Waals surface area contributed by atoms with Crippen LogP contribution in [0.2, 0.25) is 0 Å². The van der Waals surface area contributed by atoms with E-state index in [0.29, 0.717) is 6.61 Å². The van der Waals surface area contributed by atoms with Crippen molar-refractivity contribution in [1.29, 1.82) is 5.26 Å². The summed E-state index contributed by atoms with van der Waals surface area (Å²) in [6.45, 7) is 4.20. The number of sulfonamides is 1. The van der Waals surface area contributed by atoms with Crippen LogP contribution < -0.4 is 0 Å². The first kappa shape index (κ1) is 13.1. The van der Waals surface area contributed by atoms with E-state index in [2.05, 4.69) is 6.58 Å². The van der Waals surface area contributed by atoms with Gasteiger partial charge in [-0.15, -0.1) is 6.58 Å². The molecular formula is C8H14N2O3S. The van der Waals surface area contributed by atoms with Crippen molar-refractivity contribution in [3.05, 3.63) is 12.7 Å². The van der Waals surface area contributed by atoms with Gasteiger partial charge in [0.15, 0.2) is 5.75 Å². The summed E-state index contributed by atoms with van der Waals surface area (Å²) in [7, 11) is -2.00. The highest BCUT2D eigenvalue weighted by Gasteiger charge is 2.19. The summed E-state index contributed by atoms with van der Waals surface area (Å²) >= 11 is 0. The molecule has 0 aliphatic rings. The standard InChI is InChI=1S/C8H14N2O3S/c1-3-5-10(6-7-13-2)14(11,12)8-4-9/h3H,1,5-8H2,2H3. The Morgan fingerprint density at radius 2 is 2.29 bits per heavy atom. The fourth-order valence-corrected chi connectivity index (χ4v) is 1.88. The van der Waals surface area contributed by atoms with Crippen LogP contribution in [-0.4, -0.2) is 45.3 Å². The van der Waals surface area contributed by atoms with E-state index in [0.717, 1.165) is 0 Å². The molecule has 0 aliphatic carbocycles. The van der Waals surface area contributed by atoms with Gasteiger partial charge in [0.25, 0.3) is 0 Å². The summed E-state index contributed by atoms with van der Waals surface area (Å²) in [5.74, 6) is -0.509. The molecule has 0 rings (SSSR count). The summed E-state index contributed by atoms with van der Waals surface area (Å²) in [5, 5.41) is 8.33. The van der Waals surface area contributed by atoms with Gasteiger partial charge in [0.2, 0.25) is 10.0 Å². The summed E-state index contributed by atoms with van der Waals surface area (Å²) in [6.07, 6.45) is 1.48. The Labute approximate surface area is 84.6 Å². The molecule has 0 unspecified atom stereocenters. The van der Waals surface area contributed by atoms with E-state index in [1.54, 1.807) is 6.07 Å². The number of methoxy groups -OCH3 is 1. The van der Waals surface area contributed by atoms with Crippen molar-refractivity contribution in [3.63, 3.8) is 0 Å². The molecule has 0 radical (unpaired) electrons. The van der Waals surface area contributed by atoms with Crippen LogP contribution in [-0.2, 0) is 14.8 Å². The van der Waals surface area contributed by atoms with E-state index < -0.39 is 15.8 Å². The highest BCUT2D eigenvalue weighted by atomic mass is 32.2. The molecule has 5 nitrogen and oxygen atoms in total. The SMILES string of the molecule is C=CCN(CCOC)S(=O)(=O)CC#N. The molecule has 0 N–H and O–H groups in total. The number of nitriles is 1. The second-order valence-corrected chi connectivity index (χ2v) is 4.52. The second kappa shape index (κ2) is 6.54. The van der Waals surface area contributed by atoms with Crippen molar-refractivity contribution < 1.29 is 13.2 Å². The normalized spacial score (nSPS) is 11.2. The van der Waals surface area contributed by atoms with Crippen LogP contribution in [0.4, 0.5) is 0 Å². The molecule has 0 aromatic carbocycles. The lowest BCUT2D eigenvalue weighted by Gasteiger charge is -2.18. The number of ether oxygens (including phenoxy) is 1. The molecular weight excluding hydrogens is 204 g/mol. The first-order valence-corrected chi connectivity index (χ1v) is 5.64. The molecule has 0 aromatic rings. The number of hydrogen-bond donors (Lipinski definition) is 0. The molecule has 6 heteroatoms. The minimum absolute atomic E-state index is 0.202. The van der Waals surface area contributed by atoms with Gasteiger partial charge in [0, 0.05) is 20.2 Å². The zero-order valence-corrected chi connectivity index (χ0v) is 8.96. The van der Waals surface area contributed by atoms with E-state index in [1.807, 2.05) is 0 Å². The highest BCUT2D eigenvalue weighted by Crippen LogP contribution is 2.00. The topological polar surface area (TPSA) is 70.4 Å². The third-order valence-electron chi connectivity index (χ3n) is 1.52. The quantitative estimate of drug-likeness (QED) is 0.563. The van der Waals surface area contributed by atoms with Crippen molar-refractivity contribution in [2.75, 3.05) is 32.6 Å². The monoisotopic (exact) mass is 218 g/mol. The summed E-state index contributed by atoms with van der Waals surface area (Å²) < 4.78 is 28.8. The predicted molar refractivity (Wildman–Crippen MR) is 53.0 cm³/mol. The van der Waals surface area contributed by atoms with E-state index in [-0.39, 0.29) is 13.1 Å². The maximum Gasteiger partial charge on any atom is 0.227 e. The van der Waals surface area contributed by atoms with E-state index >= 15 is 0 Å². The van der Waals surface area contributed by atoms with Crippen LogP contribution in [0.5, 0.6) is 0 Å². The van der Waals surface area contributed by atoms with Crippen LogP contribution >= 0.6 is 0 Å². The Kier molecular flexibility index (Phi) is 6.12. The molecule has 0 fully saturated rings. The first-order valence-electron chi connectivity index (χ1n) is 4.03. The van der Waals surface area contributed by atoms with Gasteiger partial charge in [0.05, 0.1) is 12.7 Å². The van der Waals surface area contributed by atoms with Crippen LogP contribution in [0.3, 0.4) is 0 Å². The van der Waals surface area contributed by atoms with Gasteiger partial charge in [-0.1, -0.05) is 6.08 Å². The van der Waals surface area contributed by atoms with Gasteiger partial charge >= 0.3 is 0 Å². The van der Waals surface area contributed by atoms with E-state index in [9.17, 15) is 8.42 Å². The molecule has 14 heavy (non-hydrogen) atoms. The first-order chi connectivity index (χ1) is 6.58. The van der Waals surface area contributed by atoms with Gasteiger partial charge in [-0.05, 0) is 0 Å². The molecule has 0 saturated carbocycles. The van der Waals surface area contributed by atoms with Crippen LogP contribution in [0.25, 0.3) is 0 Å². The van der Waals surface area contributed by atoms with E-state index in [1.165, 1.54) is 17.5 Å². The molecule has 0 heterocycles. The van der Waals surface area contributed by atoms with Crippen molar-refractivity contribution in [3.8, 4) is 6.07 Å². The summed E-state index contributed by atoms with van der Waals surface area (Å²) in [5.41, 5.74) is 0. The number of nitrogens with zero attached hydrogens (tertiary/aromatic N) is 2. The van der Waals surface area contributed by atoms with Crippen LogP contribution in [0.15, 0.2) is 12.7 Å². The zero-order chi connectivity index (χ0) is 11.0. The molecule has 0 bridgehead atoms. The fourth-order valence-electron chi connectivity index (χ4n) is 0.854. The Hall–Kier alpha value is -0.900. The second-order valence-electron chi connectivity index (χ2n) is 2.55. The third kappa shape index (κ3) is 4.37. The van der Waals surface area contributed by atoms with Gasteiger partial charge in [0.1, 0.15) is 0 Å². The average molecular weight is 218 g/mol. The number of hydrogen-bond acceptors (Lipinski definition) is 4.